The second-order valence-corrected chi connectivity index (χ2v) is 7.59. The highest BCUT2D eigenvalue weighted by Crippen LogP contribution is 2.21. The van der Waals surface area contributed by atoms with Gasteiger partial charge in [-0.2, -0.15) is 0 Å². The fourth-order valence-electron chi connectivity index (χ4n) is 2.60. The standard InChI is InChI=1S/C13H20N4O5S/c1-9-3-10(13(19)20)6-17(5-9)12(18)4-15-23(21,22)11-7-16(2)8-14-11/h7-10,15H,3-6H2,1-2H3,(H,19,20). The highest BCUT2D eigenvalue weighted by atomic mass is 32.2. The summed E-state index contributed by atoms with van der Waals surface area (Å²) >= 11 is 0. The van der Waals surface area contributed by atoms with Gasteiger partial charge in [-0.05, 0) is 12.3 Å². The average Bonchev–Trinajstić information content (AvgIpc) is 2.91. The van der Waals surface area contributed by atoms with Gasteiger partial charge in [0.1, 0.15) is 0 Å². The Morgan fingerprint density at radius 2 is 2.13 bits per heavy atom. The van der Waals surface area contributed by atoms with E-state index in [-0.39, 0.29) is 17.5 Å². The minimum atomic E-state index is -3.86. The third kappa shape index (κ3) is 4.29. The topological polar surface area (TPSA) is 122 Å². The van der Waals surface area contributed by atoms with Gasteiger partial charge in [-0.25, -0.2) is 18.1 Å². The first kappa shape index (κ1) is 17.4. The second-order valence-electron chi connectivity index (χ2n) is 5.88. The molecular formula is C13H20N4O5S. The van der Waals surface area contributed by atoms with Gasteiger partial charge in [-0.3, -0.25) is 9.59 Å². The molecule has 0 spiro atoms. The molecule has 0 aromatic carbocycles. The molecule has 9 nitrogen and oxygen atoms in total. The normalized spacial score (nSPS) is 22.1. The van der Waals surface area contributed by atoms with Gasteiger partial charge in [-0.1, -0.05) is 6.92 Å². The fraction of sp³-hybridized carbons (Fsp3) is 0.615. The Morgan fingerprint density at radius 3 is 2.70 bits per heavy atom. The number of imidazole rings is 1. The molecule has 0 saturated carbocycles. The number of hydrogen-bond acceptors (Lipinski definition) is 5. The van der Waals surface area contributed by atoms with Crippen LogP contribution in [0.25, 0.3) is 0 Å². The molecule has 1 aliphatic heterocycles. The number of rotatable bonds is 5. The zero-order valence-electron chi connectivity index (χ0n) is 13.0. The Hall–Kier alpha value is -1.94. The summed E-state index contributed by atoms with van der Waals surface area (Å²) in [6.07, 6.45) is 3.19. The van der Waals surface area contributed by atoms with Crippen LogP contribution >= 0.6 is 0 Å². The summed E-state index contributed by atoms with van der Waals surface area (Å²) in [5.74, 6) is -1.94. The largest absolute Gasteiger partial charge is 0.481 e. The zero-order valence-corrected chi connectivity index (χ0v) is 13.8. The van der Waals surface area contributed by atoms with E-state index in [1.165, 1.54) is 22.0 Å². The van der Waals surface area contributed by atoms with E-state index in [9.17, 15) is 18.0 Å². The van der Waals surface area contributed by atoms with Gasteiger partial charge in [-0.15, -0.1) is 0 Å². The number of carbonyl (C=O) groups excluding carboxylic acids is 1. The van der Waals surface area contributed by atoms with Crippen molar-refractivity contribution >= 4 is 21.9 Å². The number of aryl methyl sites for hydroxylation is 1. The van der Waals surface area contributed by atoms with Crippen molar-refractivity contribution in [3.8, 4) is 0 Å². The lowest BCUT2D eigenvalue weighted by Crippen LogP contribution is -2.48. The monoisotopic (exact) mass is 344 g/mol. The smallest absolute Gasteiger partial charge is 0.308 e. The second kappa shape index (κ2) is 6.67. The first-order valence-corrected chi connectivity index (χ1v) is 8.65. The first-order chi connectivity index (χ1) is 10.7. The van der Waals surface area contributed by atoms with Gasteiger partial charge in [0.25, 0.3) is 10.0 Å². The highest BCUT2D eigenvalue weighted by Gasteiger charge is 2.32. The number of hydrogen-bond donors (Lipinski definition) is 2. The van der Waals surface area contributed by atoms with E-state index >= 15 is 0 Å². The van der Waals surface area contributed by atoms with Crippen molar-refractivity contribution in [3.05, 3.63) is 12.5 Å². The number of nitrogens with one attached hydrogen (secondary N) is 1. The quantitative estimate of drug-likeness (QED) is 0.726. The molecule has 0 bridgehead atoms. The van der Waals surface area contributed by atoms with E-state index in [1.807, 2.05) is 6.92 Å². The number of sulfonamides is 1. The van der Waals surface area contributed by atoms with Crippen molar-refractivity contribution in [3.63, 3.8) is 0 Å². The van der Waals surface area contributed by atoms with Crippen LogP contribution in [0.3, 0.4) is 0 Å². The summed E-state index contributed by atoms with van der Waals surface area (Å²) < 4.78 is 27.7. The molecule has 2 atom stereocenters. The van der Waals surface area contributed by atoms with Crippen LogP contribution < -0.4 is 4.72 Å². The molecule has 1 aromatic rings. The SMILES string of the molecule is CC1CC(C(=O)O)CN(C(=O)CNS(=O)(=O)c2cn(C)cn2)C1. The molecule has 10 heteroatoms. The Kier molecular flexibility index (Phi) is 5.05. The molecule has 1 aromatic heterocycles. The molecule has 1 fully saturated rings. The Labute approximate surface area is 134 Å². The minimum Gasteiger partial charge on any atom is -0.481 e. The molecule has 2 rings (SSSR count). The van der Waals surface area contributed by atoms with E-state index in [2.05, 4.69) is 9.71 Å². The van der Waals surface area contributed by atoms with Crippen LogP contribution in [0.15, 0.2) is 17.6 Å². The maximum Gasteiger partial charge on any atom is 0.308 e. The van der Waals surface area contributed by atoms with E-state index < -0.39 is 34.4 Å². The third-order valence-electron chi connectivity index (χ3n) is 3.73. The molecule has 0 aliphatic carbocycles. The fourth-order valence-corrected chi connectivity index (χ4v) is 3.56. The molecule has 1 amide bonds. The number of nitrogens with zero attached hydrogens (tertiary/aromatic N) is 3. The van der Waals surface area contributed by atoms with E-state index in [0.717, 1.165) is 0 Å². The number of amides is 1. The average molecular weight is 344 g/mol. The molecular weight excluding hydrogens is 324 g/mol. The predicted molar refractivity (Wildman–Crippen MR) is 79.9 cm³/mol. The van der Waals surface area contributed by atoms with Crippen LogP contribution in [0.2, 0.25) is 0 Å². The Bertz CT molecular complexity index is 699. The maximum atomic E-state index is 12.2. The Balaban J connectivity index is 1.97. The van der Waals surface area contributed by atoms with Crippen LogP contribution in [-0.2, 0) is 26.7 Å². The number of piperidine rings is 1. The summed E-state index contributed by atoms with van der Waals surface area (Å²) in [6, 6.07) is 0. The van der Waals surface area contributed by atoms with Gasteiger partial charge in [0.2, 0.25) is 5.91 Å². The third-order valence-corrected chi connectivity index (χ3v) is 5.02. The van der Waals surface area contributed by atoms with Crippen molar-refractivity contribution in [2.75, 3.05) is 19.6 Å². The zero-order chi connectivity index (χ0) is 17.2. The van der Waals surface area contributed by atoms with Crippen molar-refractivity contribution in [1.29, 1.82) is 0 Å². The van der Waals surface area contributed by atoms with Gasteiger partial charge in [0.05, 0.1) is 18.8 Å². The van der Waals surface area contributed by atoms with Crippen LogP contribution in [0.1, 0.15) is 13.3 Å². The van der Waals surface area contributed by atoms with Gasteiger partial charge in [0, 0.05) is 26.3 Å². The van der Waals surface area contributed by atoms with Gasteiger partial charge < -0.3 is 14.6 Å². The van der Waals surface area contributed by atoms with E-state index in [0.29, 0.717) is 13.0 Å². The van der Waals surface area contributed by atoms with Gasteiger partial charge in [0.15, 0.2) is 5.03 Å². The first-order valence-electron chi connectivity index (χ1n) is 7.17. The molecule has 1 saturated heterocycles. The van der Waals surface area contributed by atoms with Crippen LogP contribution in [0, 0.1) is 11.8 Å². The van der Waals surface area contributed by atoms with Gasteiger partial charge >= 0.3 is 5.97 Å². The van der Waals surface area contributed by atoms with Crippen molar-refractivity contribution in [2.24, 2.45) is 18.9 Å². The Morgan fingerprint density at radius 1 is 1.43 bits per heavy atom. The minimum absolute atomic E-state index is 0.0567. The number of aromatic nitrogens is 2. The van der Waals surface area contributed by atoms with Crippen molar-refractivity contribution in [2.45, 2.75) is 18.4 Å². The van der Waals surface area contributed by atoms with E-state index in [1.54, 1.807) is 7.05 Å². The molecule has 23 heavy (non-hydrogen) atoms. The summed E-state index contributed by atoms with van der Waals surface area (Å²) in [4.78, 5) is 28.4. The summed E-state index contributed by atoms with van der Waals surface area (Å²) in [5.41, 5.74) is 0. The number of carboxylic acid groups (broad SMARTS) is 1. The van der Waals surface area contributed by atoms with Crippen molar-refractivity contribution < 1.29 is 23.1 Å². The summed E-state index contributed by atoms with van der Waals surface area (Å²) in [6.45, 7) is 1.98. The number of aliphatic carboxylic acids is 1. The highest BCUT2D eigenvalue weighted by molar-refractivity contribution is 7.89. The predicted octanol–water partition coefficient (Wildman–Crippen LogP) is -0.732. The molecule has 2 unspecified atom stereocenters. The molecule has 0 radical (unpaired) electrons. The molecule has 128 valence electrons. The number of likely N-dealkylation sites (tertiary alicyclic amines) is 1. The van der Waals surface area contributed by atoms with Crippen molar-refractivity contribution in [1.82, 2.24) is 19.2 Å². The van der Waals surface area contributed by atoms with Crippen LogP contribution in [0.4, 0.5) is 0 Å². The number of carbonyl (C=O) groups is 2. The summed E-state index contributed by atoms with van der Waals surface area (Å²) in [7, 11) is -2.23. The molecule has 1 aliphatic rings. The van der Waals surface area contributed by atoms with E-state index in [4.69, 9.17) is 5.11 Å². The number of carboxylic acids is 1. The van der Waals surface area contributed by atoms with Crippen LogP contribution in [0.5, 0.6) is 0 Å². The maximum absolute atomic E-state index is 12.2. The van der Waals surface area contributed by atoms with Crippen LogP contribution in [-0.4, -0.2) is 59.5 Å². The lowest BCUT2D eigenvalue weighted by atomic mass is 9.90. The summed E-state index contributed by atoms with van der Waals surface area (Å²) in [5, 5.41) is 8.94. The molecule has 2 heterocycles. The molecule has 2 N–H and O–H groups in total. The lowest BCUT2D eigenvalue weighted by molar-refractivity contribution is -0.146. The lowest BCUT2D eigenvalue weighted by Gasteiger charge is -2.34.